The predicted molar refractivity (Wildman–Crippen MR) is 107 cm³/mol. The van der Waals surface area contributed by atoms with E-state index in [4.69, 9.17) is 4.74 Å². The highest BCUT2D eigenvalue weighted by Crippen LogP contribution is 2.38. The monoisotopic (exact) mass is 390 g/mol. The standard InChI is InChI=1S/C21H19FN6O/c1-29-19-7-6-14(22)10-16(19)15-8-9-23-21-17(15)11-18(24-21)12-2-4-13(5-3-12)20-25-27-28-26-20/h2,6-11,13H,3-5H2,1H3,(H,23,24)(H,25,26,27,28). The molecular weight excluding hydrogens is 371 g/mol. The Morgan fingerprint density at radius 2 is 2.10 bits per heavy atom. The Balaban J connectivity index is 1.52. The number of halogens is 1. The van der Waals surface area contributed by atoms with Gasteiger partial charge < -0.3 is 9.72 Å². The Labute approximate surface area is 166 Å². The molecule has 0 amide bonds. The Morgan fingerprint density at radius 1 is 1.17 bits per heavy atom. The molecule has 3 heterocycles. The molecule has 0 spiro atoms. The number of tetrazole rings is 1. The van der Waals surface area contributed by atoms with E-state index in [0.717, 1.165) is 47.4 Å². The fraction of sp³-hybridized carbons (Fsp3) is 0.238. The number of hydrogen-bond donors (Lipinski definition) is 2. The number of benzene rings is 1. The molecule has 7 nitrogen and oxygen atoms in total. The molecule has 1 aliphatic carbocycles. The van der Waals surface area contributed by atoms with Crippen molar-refractivity contribution < 1.29 is 9.13 Å². The average Bonchev–Trinajstić information content (AvgIpc) is 3.43. The van der Waals surface area contributed by atoms with Gasteiger partial charge in [0.25, 0.3) is 0 Å². The molecule has 5 rings (SSSR count). The van der Waals surface area contributed by atoms with Crippen molar-refractivity contribution in [3.05, 3.63) is 59.9 Å². The van der Waals surface area contributed by atoms with E-state index in [2.05, 4.69) is 42.7 Å². The van der Waals surface area contributed by atoms with Gasteiger partial charge >= 0.3 is 0 Å². The highest BCUT2D eigenvalue weighted by Gasteiger charge is 2.22. The van der Waals surface area contributed by atoms with E-state index in [1.54, 1.807) is 19.4 Å². The van der Waals surface area contributed by atoms with Crippen molar-refractivity contribution in [3.63, 3.8) is 0 Å². The third-order valence-corrected chi connectivity index (χ3v) is 5.47. The van der Waals surface area contributed by atoms with Crippen LogP contribution in [0.1, 0.15) is 36.7 Å². The van der Waals surface area contributed by atoms with Gasteiger partial charge in [-0.15, -0.1) is 10.2 Å². The minimum Gasteiger partial charge on any atom is -0.496 e. The van der Waals surface area contributed by atoms with E-state index in [0.29, 0.717) is 11.3 Å². The van der Waals surface area contributed by atoms with Gasteiger partial charge in [-0.2, -0.15) is 5.21 Å². The zero-order valence-electron chi connectivity index (χ0n) is 15.8. The first-order valence-electron chi connectivity index (χ1n) is 9.47. The number of nitrogens with zero attached hydrogens (tertiary/aromatic N) is 4. The molecular formula is C21H19FN6O. The zero-order chi connectivity index (χ0) is 19.8. The number of allylic oxidation sites excluding steroid dienone is 2. The van der Waals surface area contributed by atoms with Crippen LogP contribution in [-0.2, 0) is 0 Å². The molecule has 0 bridgehead atoms. The van der Waals surface area contributed by atoms with Crippen molar-refractivity contribution in [1.82, 2.24) is 30.6 Å². The van der Waals surface area contributed by atoms with Crippen LogP contribution >= 0.6 is 0 Å². The van der Waals surface area contributed by atoms with E-state index in [-0.39, 0.29) is 11.7 Å². The largest absolute Gasteiger partial charge is 0.496 e. The SMILES string of the molecule is COc1ccc(F)cc1-c1ccnc2[nH]c(C3=CCC(c4nn[nH]n4)CC3)cc12. The summed E-state index contributed by atoms with van der Waals surface area (Å²) in [6, 6.07) is 8.51. The smallest absolute Gasteiger partial charge is 0.177 e. The van der Waals surface area contributed by atoms with Gasteiger partial charge in [0.2, 0.25) is 0 Å². The molecule has 1 unspecified atom stereocenters. The summed E-state index contributed by atoms with van der Waals surface area (Å²) >= 11 is 0. The third kappa shape index (κ3) is 3.16. The highest BCUT2D eigenvalue weighted by atomic mass is 19.1. The number of aromatic amines is 2. The Bertz CT molecular complexity index is 1200. The van der Waals surface area contributed by atoms with Gasteiger partial charge in [-0.25, -0.2) is 9.37 Å². The maximum atomic E-state index is 13.9. The lowest BCUT2D eigenvalue weighted by Crippen LogP contribution is -2.06. The normalized spacial score (nSPS) is 16.8. The van der Waals surface area contributed by atoms with Crippen molar-refractivity contribution in [2.45, 2.75) is 25.2 Å². The van der Waals surface area contributed by atoms with E-state index in [1.165, 1.54) is 17.7 Å². The van der Waals surface area contributed by atoms with Crippen LogP contribution in [0.5, 0.6) is 5.75 Å². The van der Waals surface area contributed by atoms with E-state index in [9.17, 15) is 4.39 Å². The number of aromatic nitrogens is 6. The Kier molecular flexibility index (Phi) is 4.31. The lowest BCUT2D eigenvalue weighted by molar-refractivity contribution is 0.415. The molecule has 0 saturated heterocycles. The first kappa shape index (κ1) is 17.5. The number of ether oxygens (including phenoxy) is 1. The number of H-pyrrole nitrogens is 2. The number of nitrogens with one attached hydrogen (secondary N) is 2. The average molecular weight is 390 g/mol. The van der Waals surface area contributed by atoms with Crippen LogP contribution in [-0.4, -0.2) is 37.7 Å². The number of hydrogen-bond acceptors (Lipinski definition) is 5. The summed E-state index contributed by atoms with van der Waals surface area (Å²) in [7, 11) is 1.59. The molecule has 0 fully saturated rings. The van der Waals surface area contributed by atoms with Crippen LogP contribution in [0.15, 0.2) is 42.6 Å². The van der Waals surface area contributed by atoms with Gasteiger partial charge in [0, 0.05) is 28.8 Å². The number of fused-ring (bicyclic) bond motifs is 1. The van der Waals surface area contributed by atoms with Crippen LogP contribution < -0.4 is 4.74 Å². The van der Waals surface area contributed by atoms with E-state index >= 15 is 0 Å². The summed E-state index contributed by atoms with van der Waals surface area (Å²) in [6.07, 6.45) is 6.67. The molecule has 8 heteroatoms. The second kappa shape index (κ2) is 7.12. The zero-order valence-corrected chi connectivity index (χ0v) is 15.8. The third-order valence-electron chi connectivity index (χ3n) is 5.47. The minimum absolute atomic E-state index is 0.284. The van der Waals surface area contributed by atoms with Gasteiger partial charge in [-0.1, -0.05) is 11.3 Å². The second-order valence-electron chi connectivity index (χ2n) is 7.12. The molecule has 29 heavy (non-hydrogen) atoms. The lowest BCUT2D eigenvalue weighted by Gasteiger charge is -2.18. The topological polar surface area (TPSA) is 92.4 Å². The van der Waals surface area contributed by atoms with E-state index in [1.807, 2.05) is 6.07 Å². The molecule has 1 atom stereocenters. The second-order valence-corrected chi connectivity index (χ2v) is 7.12. The molecule has 1 aliphatic rings. The van der Waals surface area contributed by atoms with Crippen molar-refractivity contribution in [3.8, 4) is 16.9 Å². The Morgan fingerprint density at radius 3 is 2.86 bits per heavy atom. The van der Waals surface area contributed by atoms with Gasteiger partial charge in [0.05, 0.1) is 7.11 Å². The first-order chi connectivity index (χ1) is 14.2. The maximum Gasteiger partial charge on any atom is 0.177 e. The number of methoxy groups -OCH3 is 1. The van der Waals surface area contributed by atoms with Crippen LogP contribution in [0, 0.1) is 5.82 Å². The number of pyridine rings is 1. The molecule has 146 valence electrons. The van der Waals surface area contributed by atoms with Crippen molar-refractivity contribution in [2.75, 3.05) is 7.11 Å². The molecule has 3 aromatic heterocycles. The maximum absolute atomic E-state index is 13.9. The summed E-state index contributed by atoms with van der Waals surface area (Å²) in [4.78, 5) is 7.88. The number of rotatable bonds is 4. The van der Waals surface area contributed by atoms with Crippen molar-refractivity contribution in [1.29, 1.82) is 0 Å². The van der Waals surface area contributed by atoms with Crippen LogP contribution in [0.4, 0.5) is 4.39 Å². The molecule has 0 radical (unpaired) electrons. The first-order valence-corrected chi connectivity index (χ1v) is 9.47. The fourth-order valence-corrected chi connectivity index (χ4v) is 3.98. The van der Waals surface area contributed by atoms with Crippen LogP contribution in [0.3, 0.4) is 0 Å². The van der Waals surface area contributed by atoms with Gasteiger partial charge in [0.1, 0.15) is 17.2 Å². The lowest BCUT2D eigenvalue weighted by atomic mass is 9.88. The summed E-state index contributed by atoms with van der Waals surface area (Å²) in [5, 5.41) is 15.3. The van der Waals surface area contributed by atoms with Gasteiger partial charge in [-0.05, 0) is 60.7 Å². The van der Waals surface area contributed by atoms with Crippen LogP contribution in [0.25, 0.3) is 27.7 Å². The molecule has 4 aromatic rings. The molecule has 0 aliphatic heterocycles. The predicted octanol–water partition coefficient (Wildman–Crippen LogP) is 4.24. The summed E-state index contributed by atoms with van der Waals surface area (Å²) < 4.78 is 19.4. The summed E-state index contributed by atoms with van der Waals surface area (Å²) in [5.41, 5.74) is 4.63. The summed E-state index contributed by atoms with van der Waals surface area (Å²) in [5.74, 6) is 1.37. The van der Waals surface area contributed by atoms with Crippen molar-refractivity contribution in [2.24, 2.45) is 0 Å². The molecule has 1 aromatic carbocycles. The van der Waals surface area contributed by atoms with Crippen molar-refractivity contribution >= 4 is 16.6 Å². The van der Waals surface area contributed by atoms with E-state index < -0.39 is 0 Å². The summed E-state index contributed by atoms with van der Waals surface area (Å²) in [6.45, 7) is 0. The Hall–Kier alpha value is -3.55. The quantitative estimate of drug-likeness (QED) is 0.544. The van der Waals surface area contributed by atoms with Gasteiger partial charge in [0.15, 0.2) is 5.82 Å². The molecule has 0 saturated carbocycles. The minimum atomic E-state index is -0.302. The fourth-order valence-electron chi connectivity index (χ4n) is 3.98. The highest BCUT2D eigenvalue weighted by molar-refractivity contribution is 5.96. The van der Waals surface area contributed by atoms with Gasteiger partial charge in [-0.3, -0.25) is 0 Å². The molecule has 2 N–H and O–H groups in total. The van der Waals surface area contributed by atoms with Crippen LogP contribution in [0.2, 0.25) is 0 Å².